The van der Waals surface area contributed by atoms with Gasteiger partial charge in [-0.1, -0.05) is 37.9 Å². The Morgan fingerprint density at radius 2 is 1.81 bits per heavy atom. The first-order valence-electron chi connectivity index (χ1n) is 5.86. The van der Waals surface area contributed by atoms with E-state index in [1.54, 1.807) is 0 Å². The number of hydrogen-bond acceptors (Lipinski definition) is 0. The molecule has 1 aromatic carbocycles. The molecule has 0 amide bonds. The van der Waals surface area contributed by atoms with Crippen molar-refractivity contribution in [2.45, 2.75) is 45.9 Å². The minimum Gasteiger partial charge on any atom is -0.118 e. The summed E-state index contributed by atoms with van der Waals surface area (Å²) in [6.45, 7) is 8.55. The summed E-state index contributed by atoms with van der Waals surface area (Å²) in [5, 5.41) is 0.930. The Kier molecular flexibility index (Phi) is 5.14. The van der Waals surface area contributed by atoms with Crippen LogP contribution in [0.3, 0.4) is 0 Å². The monoisotopic (exact) mass is 258 g/mol. The van der Waals surface area contributed by atoms with Gasteiger partial charge >= 0.3 is 0 Å². The highest BCUT2D eigenvalue weighted by Gasteiger charge is 2.15. The molecule has 0 bridgehead atoms. The molecule has 16 heavy (non-hydrogen) atoms. The Morgan fingerprint density at radius 3 is 2.38 bits per heavy atom. The van der Waals surface area contributed by atoms with Crippen LogP contribution in [-0.4, -0.2) is 0 Å². The maximum Gasteiger partial charge on any atom is 0.0590 e. The number of benzene rings is 1. The fourth-order valence-electron chi connectivity index (χ4n) is 1.79. The quantitative estimate of drug-likeness (QED) is 0.611. The summed E-state index contributed by atoms with van der Waals surface area (Å²) >= 11 is 12.5. The average Bonchev–Trinajstić information content (AvgIpc) is 2.23. The van der Waals surface area contributed by atoms with Crippen molar-refractivity contribution < 1.29 is 0 Å². The Labute approximate surface area is 109 Å². The van der Waals surface area contributed by atoms with Crippen LogP contribution >= 0.6 is 23.2 Å². The van der Waals surface area contributed by atoms with Crippen molar-refractivity contribution in [3.8, 4) is 0 Å². The van der Waals surface area contributed by atoms with Crippen molar-refractivity contribution in [2.24, 2.45) is 5.92 Å². The lowest BCUT2D eigenvalue weighted by atomic mass is 9.95. The van der Waals surface area contributed by atoms with E-state index in [-0.39, 0.29) is 5.38 Å². The molecule has 0 aliphatic carbocycles. The largest absolute Gasteiger partial charge is 0.118 e. The third-order valence-electron chi connectivity index (χ3n) is 3.19. The predicted molar refractivity (Wildman–Crippen MR) is 73.6 cm³/mol. The summed E-state index contributed by atoms with van der Waals surface area (Å²) in [6, 6.07) is 4.13. The minimum atomic E-state index is 0.103. The van der Waals surface area contributed by atoms with Gasteiger partial charge in [-0.05, 0) is 48.9 Å². The lowest BCUT2D eigenvalue weighted by Crippen LogP contribution is -2.01. The van der Waals surface area contributed by atoms with Gasteiger partial charge in [0.2, 0.25) is 0 Å². The summed E-state index contributed by atoms with van der Waals surface area (Å²) < 4.78 is 0. The zero-order valence-electron chi connectivity index (χ0n) is 10.5. The maximum atomic E-state index is 6.47. The van der Waals surface area contributed by atoms with Crippen molar-refractivity contribution in [2.75, 3.05) is 0 Å². The molecule has 2 atom stereocenters. The highest BCUT2D eigenvalue weighted by Crippen LogP contribution is 2.33. The van der Waals surface area contributed by atoms with Crippen LogP contribution < -0.4 is 0 Å². The first-order valence-corrected chi connectivity index (χ1v) is 6.67. The molecule has 0 saturated heterocycles. The topological polar surface area (TPSA) is 0 Å². The molecule has 0 heterocycles. The van der Waals surface area contributed by atoms with Crippen LogP contribution in [0.5, 0.6) is 0 Å². The van der Waals surface area contributed by atoms with Gasteiger partial charge in [0.15, 0.2) is 0 Å². The second-order valence-corrected chi connectivity index (χ2v) is 5.61. The second kappa shape index (κ2) is 5.93. The molecular formula is C14H20Cl2. The third kappa shape index (κ3) is 3.40. The molecule has 1 aromatic rings. The lowest BCUT2D eigenvalue weighted by Gasteiger charge is -2.17. The van der Waals surface area contributed by atoms with Gasteiger partial charge in [0.05, 0.1) is 5.38 Å². The number of halogens is 2. The Hall–Kier alpha value is -0.200. The zero-order valence-corrected chi connectivity index (χ0v) is 12.0. The fourth-order valence-corrected chi connectivity index (χ4v) is 2.55. The Balaban J connectivity index is 2.91. The number of rotatable bonds is 4. The summed E-state index contributed by atoms with van der Waals surface area (Å²) in [6.07, 6.45) is 2.20. The average molecular weight is 259 g/mol. The van der Waals surface area contributed by atoms with E-state index in [2.05, 4.69) is 26.8 Å². The van der Waals surface area contributed by atoms with Gasteiger partial charge in [-0.15, -0.1) is 11.6 Å². The molecule has 2 unspecified atom stereocenters. The number of hydrogen-bond donors (Lipinski definition) is 0. The van der Waals surface area contributed by atoms with E-state index in [0.717, 1.165) is 17.0 Å². The van der Waals surface area contributed by atoms with Crippen LogP contribution in [0.1, 0.15) is 48.8 Å². The first-order chi connectivity index (χ1) is 7.45. The summed E-state index contributed by atoms with van der Waals surface area (Å²) in [4.78, 5) is 0. The summed E-state index contributed by atoms with van der Waals surface area (Å²) in [5.74, 6) is 0.665. The SMILES string of the molecule is CCC(C)CC(Cl)c1cc(C)c(Cl)cc1C. The van der Waals surface area contributed by atoms with Crippen LogP contribution in [-0.2, 0) is 0 Å². The minimum absolute atomic E-state index is 0.103. The summed E-state index contributed by atoms with van der Waals surface area (Å²) in [5.41, 5.74) is 3.53. The van der Waals surface area contributed by atoms with Crippen LogP contribution in [0.25, 0.3) is 0 Å². The van der Waals surface area contributed by atoms with E-state index in [9.17, 15) is 0 Å². The first kappa shape index (κ1) is 13.9. The predicted octanol–water partition coefficient (Wildman–Crippen LogP) is 5.67. The van der Waals surface area contributed by atoms with Gasteiger partial charge in [-0.3, -0.25) is 0 Å². The van der Waals surface area contributed by atoms with Crippen LogP contribution in [0.15, 0.2) is 12.1 Å². The van der Waals surface area contributed by atoms with Gasteiger partial charge in [0, 0.05) is 5.02 Å². The van der Waals surface area contributed by atoms with Gasteiger partial charge < -0.3 is 0 Å². The molecule has 90 valence electrons. The Morgan fingerprint density at radius 1 is 1.19 bits per heavy atom. The standard InChI is InChI=1S/C14H20Cl2/c1-5-9(2)6-14(16)12-7-11(4)13(15)8-10(12)3/h7-9,14H,5-6H2,1-4H3. The molecule has 0 radical (unpaired) electrons. The highest BCUT2D eigenvalue weighted by molar-refractivity contribution is 6.31. The van der Waals surface area contributed by atoms with Crippen molar-refractivity contribution in [1.29, 1.82) is 0 Å². The van der Waals surface area contributed by atoms with Crippen LogP contribution in [0.4, 0.5) is 0 Å². The molecule has 0 N–H and O–H groups in total. The molecule has 0 aromatic heterocycles. The fraction of sp³-hybridized carbons (Fsp3) is 0.571. The van der Waals surface area contributed by atoms with Gasteiger partial charge in [0.25, 0.3) is 0 Å². The van der Waals surface area contributed by atoms with E-state index in [4.69, 9.17) is 23.2 Å². The molecule has 0 spiro atoms. The molecular weight excluding hydrogens is 239 g/mol. The highest BCUT2D eigenvalue weighted by atomic mass is 35.5. The molecule has 0 fully saturated rings. The van der Waals surface area contributed by atoms with Gasteiger partial charge in [-0.2, -0.15) is 0 Å². The zero-order chi connectivity index (χ0) is 12.3. The smallest absolute Gasteiger partial charge is 0.0590 e. The second-order valence-electron chi connectivity index (χ2n) is 4.67. The van der Waals surface area contributed by atoms with Crippen molar-refractivity contribution >= 4 is 23.2 Å². The van der Waals surface area contributed by atoms with E-state index < -0.39 is 0 Å². The van der Waals surface area contributed by atoms with Crippen molar-refractivity contribution in [1.82, 2.24) is 0 Å². The molecule has 2 heteroatoms. The number of alkyl halides is 1. The van der Waals surface area contributed by atoms with E-state index >= 15 is 0 Å². The van der Waals surface area contributed by atoms with E-state index in [1.807, 2.05) is 13.0 Å². The molecule has 1 rings (SSSR count). The third-order valence-corrected chi connectivity index (χ3v) is 4.01. The normalized spacial score (nSPS) is 14.9. The van der Waals surface area contributed by atoms with E-state index in [1.165, 1.54) is 17.5 Å². The molecule has 0 aliphatic rings. The Bertz CT molecular complexity index is 358. The van der Waals surface area contributed by atoms with Gasteiger partial charge in [-0.25, -0.2) is 0 Å². The number of aryl methyl sites for hydroxylation is 2. The van der Waals surface area contributed by atoms with Crippen molar-refractivity contribution in [3.63, 3.8) is 0 Å². The lowest BCUT2D eigenvalue weighted by molar-refractivity contribution is 0.507. The molecule has 0 aliphatic heterocycles. The maximum absolute atomic E-state index is 6.47. The van der Waals surface area contributed by atoms with E-state index in [0.29, 0.717) is 5.92 Å². The molecule has 0 nitrogen and oxygen atoms in total. The summed E-state index contributed by atoms with van der Waals surface area (Å²) in [7, 11) is 0. The van der Waals surface area contributed by atoms with Crippen LogP contribution in [0, 0.1) is 19.8 Å². The molecule has 0 saturated carbocycles. The van der Waals surface area contributed by atoms with Crippen molar-refractivity contribution in [3.05, 3.63) is 33.8 Å². The van der Waals surface area contributed by atoms with Gasteiger partial charge in [0.1, 0.15) is 0 Å². The van der Waals surface area contributed by atoms with Crippen LogP contribution in [0.2, 0.25) is 5.02 Å².